The van der Waals surface area contributed by atoms with Gasteiger partial charge in [0.1, 0.15) is 0 Å². The van der Waals surface area contributed by atoms with Gasteiger partial charge in [-0.2, -0.15) is 0 Å². The molecule has 0 spiro atoms. The second-order valence-electron chi connectivity index (χ2n) is 4.49. The molecule has 5 nitrogen and oxygen atoms in total. The predicted molar refractivity (Wildman–Crippen MR) is 73.0 cm³/mol. The summed E-state index contributed by atoms with van der Waals surface area (Å²) in [5.74, 6) is -1.47. The van der Waals surface area contributed by atoms with E-state index in [9.17, 15) is 14.7 Å². The number of benzene rings is 1. The van der Waals surface area contributed by atoms with Crippen LogP contribution in [0.2, 0.25) is 0 Å². The molecule has 1 amide bonds. The molecule has 0 saturated heterocycles. The summed E-state index contributed by atoms with van der Waals surface area (Å²) in [5, 5.41) is 11.8. The van der Waals surface area contributed by atoms with Gasteiger partial charge in [-0.15, -0.1) is 0 Å². The average Bonchev–Trinajstić information content (AvgIpc) is 2.42. The molecule has 0 aliphatic heterocycles. The van der Waals surface area contributed by atoms with Crippen molar-refractivity contribution in [1.29, 1.82) is 0 Å². The van der Waals surface area contributed by atoms with Gasteiger partial charge in [0.15, 0.2) is 0 Å². The van der Waals surface area contributed by atoms with Crippen LogP contribution in [-0.4, -0.2) is 49.1 Å². The first-order valence-electron chi connectivity index (χ1n) is 6.21. The highest BCUT2D eigenvalue weighted by atomic mass is 16.4. The Kier molecular flexibility index (Phi) is 6.02. The van der Waals surface area contributed by atoms with Crippen LogP contribution in [0.5, 0.6) is 0 Å². The smallest absolute Gasteiger partial charge is 0.312 e. The molecule has 2 N–H and O–H groups in total. The van der Waals surface area contributed by atoms with Crippen molar-refractivity contribution in [2.75, 3.05) is 27.2 Å². The first-order chi connectivity index (χ1) is 9.04. The van der Waals surface area contributed by atoms with Crippen molar-refractivity contribution in [1.82, 2.24) is 10.2 Å². The van der Waals surface area contributed by atoms with Gasteiger partial charge >= 0.3 is 5.97 Å². The third-order valence-electron chi connectivity index (χ3n) is 2.99. The van der Waals surface area contributed by atoms with E-state index >= 15 is 0 Å². The van der Waals surface area contributed by atoms with Gasteiger partial charge in [-0.3, -0.25) is 9.59 Å². The van der Waals surface area contributed by atoms with Gasteiger partial charge in [0.2, 0.25) is 5.91 Å². The molecule has 0 aliphatic carbocycles. The molecular weight excluding hydrogens is 244 g/mol. The van der Waals surface area contributed by atoms with Crippen LogP contribution in [0.1, 0.15) is 17.9 Å². The van der Waals surface area contributed by atoms with Gasteiger partial charge in [-0.05, 0) is 12.6 Å². The third-order valence-corrected chi connectivity index (χ3v) is 2.99. The van der Waals surface area contributed by atoms with E-state index in [2.05, 4.69) is 5.32 Å². The fourth-order valence-corrected chi connectivity index (χ4v) is 1.83. The highest BCUT2D eigenvalue weighted by molar-refractivity contribution is 5.76. The van der Waals surface area contributed by atoms with Gasteiger partial charge < -0.3 is 15.3 Å². The Morgan fingerprint density at radius 3 is 2.47 bits per heavy atom. The van der Waals surface area contributed by atoms with E-state index in [1.807, 2.05) is 42.3 Å². The van der Waals surface area contributed by atoms with E-state index in [4.69, 9.17) is 0 Å². The summed E-state index contributed by atoms with van der Waals surface area (Å²) in [6.45, 7) is 0.923. The first kappa shape index (κ1) is 15.2. The van der Waals surface area contributed by atoms with Crippen LogP contribution < -0.4 is 5.32 Å². The molecular formula is C14H20N2O3. The van der Waals surface area contributed by atoms with Crippen molar-refractivity contribution in [3.8, 4) is 0 Å². The number of carbonyl (C=O) groups is 2. The highest BCUT2D eigenvalue weighted by Gasteiger charge is 2.21. The molecule has 1 aromatic rings. The summed E-state index contributed by atoms with van der Waals surface area (Å²) >= 11 is 0. The monoisotopic (exact) mass is 264 g/mol. The molecule has 0 bridgehead atoms. The summed E-state index contributed by atoms with van der Waals surface area (Å²) in [6, 6.07) is 9.14. The van der Waals surface area contributed by atoms with Crippen LogP contribution in [0.3, 0.4) is 0 Å². The van der Waals surface area contributed by atoms with Crippen LogP contribution in [0.15, 0.2) is 30.3 Å². The fraction of sp³-hybridized carbons (Fsp3) is 0.429. The van der Waals surface area contributed by atoms with Crippen molar-refractivity contribution in [3.05, 3.63) is 35.9 Å². The normalized spacial score (nSPS) is 12.2. The zero-order valence-corrected chi connectivity index (χ0v) is 11.3. The Morgan fingerprint density at radius 1 is 1.32 bits per heavy atom. The molecule has 0 heterocycles. The van der Waals surface area contributed by atoms with Crippen molar-refractivity contribution < 1.29 is 14.7 Å². The molecule has 0 aromatic heterocycles. The standard InChI is InChI=1S/C14H20N2O3/c1-15-13(17)8-9-16(2)10-12(14(18)19)11-6-4-3-5-7-11/h3-7,12H,8-10H2,1-2H3,(H,15,17)(H,18,19). The number of carboxylic acid groups (broad SMARTS) is 1. The van der Waals surface area contributed by atoms with Crippen molar-refractivity contribution in [2.45, 2.75) is 12.3 Å². The summed E-state index contributed by atoms with van der Waals surface area (Å²) < 4.78 is 0. The number of likely N-dealkylation sites (N-methyl/N-ethyl adjacent to an activating group) is 1. The van der Waals surface area contributed by atoms with E-state index in [1.165, 1.54) is 0 Å². The average molecular weight is 264 g/mol. The summed E-state index contributed by atoms with van der Waals surface area (Å²) in [6.07, 6.45) is 0.369. The molecule has 0 fully saturated rings. The minimum Gasteiger partial charge on any atom is -0.481 e. The topological polar surface area (TPSA) is 69.6 Å². The number of hydrogen-bond acceptors (Lipinski definition) is 3. The lowest BCUT2D eigenvalue weighted by molar-refractivity contribution is -0.139. The predicted octanol–water partition coefficient (Wildman–Crippen LogP) is 0.923. The fourth-order valence-electron chi connectivity index (χ4n) is 1.83. The van der Waals surface area contributed by atoms with Crippen LogP contribution in [0.25, 0.3) is 0 Å². The van der Waals surface area contributed by atoms with E-state index in [1.54, 1.807) is 7.05 Å². The maximum atomic E-state index is 11.3. The zero-order valence-electron chi connectivity index (χ0n) is 11.3. The Morgan fingerprint density at radius 2 is 1.95 bits per heavy atom. The lowest BCUT2D eigenvalue weighted by atomic mass is 9.99. The van der Waals surface area contributed by atoms with Crippen LogP contribution in [0.4, 0.5) is 0 Å². The van der Waals surface area contributed by atoms with E-state index in [0.29, 0.717) is 19.5 Å². The number of carbonyl (C=O) groups excluding carboxylic acids is 1. The number of aliphatic carboxylic acids is 1. The molecule has 104 valence electrons. The molecule has 1 rings (SSSR count). The number of nitrogens with zero attached hydrogens (tertiary/aromatic N) is 1. The molecule has 1 atom stereocenters. The number of nitrogens with one attached hydrogen (secondary N) is 1. The van der Waals surface area contributed by atoms with Crippen molar-refractivity contribution in [2.24, 2.45) is 0 Å². The summed E-state index contributed by atoms with van der Waals surface area (Å²) in [4.78, 5) is 24.3. The number of rotatable bonds is 7. The molecule has 0 radical (unpaired) electrons. The van der Waals surface area contributed by atoms with Crippen LogP contribution >= 0.6 is 0 Å². The number of carboxylic acids is 1. The summed E-state index contributed by atoms with van der Waals surface area (Å²) in [7, 11) is 3.41. The Hall–Kier alpha value is -1.88. The quantitative estimate of drug-likeness (QED) is 0.768. The van der Waals surface area contributed by atoms with Crippen molar-refractivity contribution in [3.63, 3.8) is 0 Å². The van der Waals surface area contributed by atoms with Gasteiger partial charge in [-0.25, -0.2) is 0 Å². The van der Waals surface area contributed by atoms with Crippen molar-refractivity contribution >= 4 is 11.9 Å². The number of hydrogen-bond donors (Lipinski definition) is 2. The van der Waals surface area contributed by atoms with Gasteiger partial charge in [0.05, 0.1) is 5.92 Å². The second-order valence-corrected chi connectivity index (χ2v) is 4.49. The van der Waals surface area contributed by atoms with E-state index in [0.717, 1.165) is 5.56 Å². The molecule has 1 unspecified atom stereocenters. The molecule has 1 aromatic carbocycles. The Labute approximate surface area is 113 Å². The maximum absolute atomic E-state index is 11.3. The van der Waals surface area contributed by atoms with Gasteiger partial charge in [0, 0.05) is 26.6 Å². The van der Waals surface area contributed by atoms with Crippen LogP contribution in [0, 0.1) is 0 Å². The highest BCUT2D eigenvalue weighted by Crippen LogP contribution is 2.16. The van der Waals surface area contributed by atoms with E-state index < -0.39 is 11.9 Å². The Bertz CT molecular complexity index is 420. The third kappa shape index (κ3) is 5.09. The summed E-state index contributed by atoms with van der Waals surface area (Å²) in [5.41, 5.74) is 0.779. The second kappa shape index (κ2) is 7.53. The van der Waals surface area contributed by atoms with Crippen LogP contribution in [-0.2, 0) is 9.59 Å². The molecule has 0 aliphatic rings. The first-order valence-corrected chi connectivity index (χ1v) is 6.21. The number of amides is 1. The molecule has 0 saturated carbocycles. The van der Waals surface area contributed by atoms with E-state index in [-0.39, 0.29) is 5.91 Å². The SMILES string of the molecule is CNC(=O)CCN(C)CC(C(=O)O)c1ccccc1. The van der Waals surface area contributed by atoms with Gasteiger partial charge in [-0.1, -0.05) is 30.3 Å². The minimum absolute atomic E-state index is 0.0431. The lowest BCUT2D eigenvalue weighted by Gasteiger charge is -2.21. The molecule has 5 heteroatoms. The Balaban J connectivity index is 2.60. The lowest BCUT2D eigenvalue weighted by Crippen LogP contribution is -2.32. The molecule has 19 heavy (non-hydrogen) atoms. The minimum atomic E-state index is -0.849. The largest absolute Gasteiger partial charge is 0.481 e. The van der Waals surface area contributed by atoms with Gasteiger partial charge in [0.25, 0.3) is 0 Å². The zero-order chi connectivity index (χ0) is 14.3. The maximum Gasteiger partial charge on any atom is 0.312 e.